The zero-order chi connectivity index (χ0) is 20.1. The molecule has 0 saturated carbocycles. The van der Waals surface area contributed by atoms with Crippen molar-refractivity contribution >= 4 is 17.4 Å². The van der Waals surface area contributed by atoms with Crippen LogP contribution in [0.15, 0.2) is 24.4 Å². The Balaban J connectivity index is 1.84. The van der Waals surface area contributed by atoms with Gasteiger partial charge in [-0.1, -0.05) is 13.8 Å². The van der Waals surface area contributed by atoms with Crippen molar-refractivity contribution in [1.29, 1.82) is 0 Å². The van der Waals surface area contributed by atoms with E-state index in [1.807, 2.05) is 19.1 Å². The summed E-state index contributed by atoms with van der Waals surface area (Å²) in [5, 5.41) is 0. The van der Waals surface area contributed by atoms with Crippen LogP contribution in [0.25, 0.3) is 5.69 Å². The summed E-state index contributed by atoms with van der Waals surface area (Å²) in [7, 11) is 0. The number of hydrogen-bond donors (Lipinski definition) is 1. The minimum Gasteiger partial charge on any atom is -0.371 e. The average molecular weight is 380 g/mol. The van der Waals surface area contributed by atoms with Gasteiger partial charge in [-0.2, -0.15) is 0 Å². The molecule has 2 aliphatic rings. The van der Waals surface area contributed by atoms with Crippen LogP contribution in [0.5, 0.6) is 0 Å². The smallest absolute Gasteiger partial charge is 0.250 e. The topological polar surface area (TPSA) is 68.3 Å². The van der Waals surface area contributed by atoms with Crippen molar-refractivity contribution in [2.24, 2.45) is 11.1 Å². The standard InChI is InChI=1S/C23H29N3O2/c1-15-14-26(19-12-23(2,3)13-20(27)21(15)19)16-7-8-17(22(24)28)18(11-16)25-9-5-4-6-10-25/h7-8,11,14H,4-6,9-10,12-13H2,1-3H3,(H2,24,28). The first-order valence-corrected chi connectivity index (χ1v) is 10.2. The molecule has 0 unspecified atom stereocenters. The van der Waals surface area contributed by atoms with E-state index in [-0.39, 0.29) is 11.2 Å². The van der Waals surface area contributed by atoms with Crippen molar-refractivity contribution < 1.29 is 9.59 Å². The molecule has 1 saturated heterocycles. The number of hydrogen-bond acceptors (Lipinski definition) is 3. The summed E-state index contributed by atoms with van der Waals surface area (Å²) in [4.78, 5) is 27.0. The molecule has 1 aliphatic carbocycles. The number of fused-ring (bicyclic) bond motifs is 1. The SMILES string of the molecule is Cc1cn(-c2ccc(C(N)=O)c(N3CCCCC3)c2)c2c1C(=O)CC(C)(C)C2. The molecule has 2 N–H and O–H groups in total. The Kier molecular flexibility index (Phi) is 4.56. The molecule has 0 spiro atoms. The van der Waals surface area contributed by atoms with Gasteiger partial charge in [0, 0.05) is 42.7 Å². The quantitative estimate of drug-likeness (QED) is 0.875. The number of nitrogens with two attached hydrogens (primary N) is 1. The third-order valence-electron chi connectivity index (χ3n) is 6.08. The molecule has 5 heteroatoms. The fourth-order valence-electron chi connectivity index (χ4n) is 4.78. The maximum absolute atomic E-state index is 12.7. The fraction of sp³-hybridized carbons (Fsp3) is 0.478. The maximum Gasteiger partial charge on any atom is 0.250 e. The van der Waals surface area contributed by atoms with Crippen molar-refractivity contribution in [2.45, 2.75) is 52.9 Å². The zero-order valence-electron chi connectivity index (χ0n) is 17.0. The Morgan fingerprint density at radius 2 is 1.82 bits per heavy atom. The molecule has 1 aliphatic heterocycles. The highest BCUT2D eigenvalue weighted by molar-refractivity contribution is 6.01. The van der Waals surface area contributed by atoms with Crippen molar-refractivity contribution in [1.82, 2.24) is 4.57 Å². The second-order valence-corrected chi connectivity index (χ2v) is 9.06. The Bertz CT molecular complexity index is 949. The lowest BCUT2D eigenvalue weighted by atomic mass is 9.75. The molecule has 0 atom stereocenters. The molecular weight excluding hydrogens is 350 g/mol. The first-order valence-electron chi connectivity index (χ1n) is 10.2. The molecule has 4 rings (SSSR count). The van der Waals surface area contributed by atoms with E-state index in [9.17, 15) is 9.59 Å². The van der Waals surface area contributed by atoms with E-state index in [1.54, 1.807) is 0 Å². The first kappa shape index (κ1) is 18.8. The number of aromatic nitrogens is 1. The molecule has 1 aromatic heterocycles. The van der Waals surface area contributed by atoms with Crippen LogP contribution in [0, 0.1) is 12.3 Å². The molecule has 0 bridgehead atoms. The number of nitrogens with zero attached hydrogens (tertiary/aromatic N) is 2. The van der Waals surface area contributed by atoms with Gasteiger partial charge in [0.1, 0.15) is 0 Å². The van der Waals surface area contributed by atoms with Crippen LogP contribution in [0.1, 0.15) is 71.5 Å². The molecule has 5 nitrogen and oxygen atoms in total. The van der Waals surface area contributed by atoms with Crippen LogP contribution in [-0.4, -0.2) is 29.3 Å². The lowest BCUT2D eigenvalue weighted by molar-refractivity contribution is 0.0909. The third-order valence-corrected chi connectivity index (χ3v) is 6.08. The number of benzene rings is 1. The summed E-state index contributed by atoms with van der Waals surface area (Å²) < 4.78 is 2.14. The Hall–Kier alpha value is -2.56. The summed E-state index contributed by atoms with van der Waals surface area (Å²) in [6, 6.07) is 5.84. The van der Waals surface area contributed by atoms with E-state index < -0.39 is 5.91 Å². The highest BCUT2D eigenvalue weighted by atomic mass is 16.1. The summed E-state index contributed by atoms with van der Waals surface area (Å²) in [5.74, 6) is -0.165. The Morgan fingerprint density at radius 3 is 2.50 bits per heavy atom. The van der Waals surface area contributed by atoms with Gasteiger partial charge in [-0.05, 0) is 61.8 Å². The highest BCUT2D eigenvalue weighted by Crippen LogP contribution is 2.38. The summed E-state index contributed by atoms with van der Waals surface area (Å²) >= 11 is 0. The molecule has 1 amide bonds. The van der Waals surface area contributed by atoms with E-state index in [4.69, 9.17) is 5.73 Å². The van der Waals surface area contributed by atoms with Crippen LogP contribution in [0.2, 0.25) is 0 Å². The Labute approximate surface area is 166 Å². The number of ketones is 1. The summed E-state index contributed by atoms with van der Waals surface area (Å²) in [6.07, 6.45) is 6.99. The largest absolute Gasteiger partial charge is 0.371 e. The van der Waals surface area contributed by atoms with E-state index >= 15 is 0 Å². The van der Waals surface area contributed by atoms with Gasteiger partial charge in [0.05, 0.1) is 11.3 Å². The minimum absolute atomic E-state index is 0.0461. The molecule has 148 valence electrons. The van der Waals surface area contributed by atoms with Gasteiger partial charge < -0.3 is 15.2 Å². The lowest BCUT2D eigenvalue weighted by Gasteiger charge is -2.31. The number of rotatable bonds is 3. The molecule has 1 fully saturated rings. The maximum atomic E-state index is 12.7. The lowest BCUT2D eigenvalue weighted by Crippen LogP contribution is -2.32. The molecular formula is C23H29N3O2. The van der Waals surface area contributed by atoms with Crippen LogP contribution < -0.4 is 10.6 Å². The van der Waals surface area contributed by atoms with Crippen LogP contribution in [0.3, 0.4) is 0 Å². The van der Waals surface area contributed by atoms with Gasteiger partial charge in [0.25, 0.3) is 5.91 Å². The summed E-state index contributed by atoms with van der Waals surface area (Å²) in [6.45, 7) is 8.19. The van der Waals surface area contributed by atoms with Crippen molar-refractivity contribution in [3.05, 3.63) is 46.8 Å². The first-order chi connectivity index (χ1) is 13.3. The van der Waals surface area contributed by atoms with E-state index in [2.05, 4.69) is 35.6 Å². The predicted molar refractivity (Wildman–Crippen MR) is 112 cm³/mol. The van der Waals surface area contributed by atoms with E-state index in [0.29, 0.717) is 12.0 Å². The van der Waals surface area contributed by atoms with Crippen LogP contribution in [0.4, 0.5) is 5.69 Å². The minimum atomic E-state index is -0.394. The average Bonchev–Trinajstić information content (AvgIpc) is 2.97. The zero-order valence-corrected chi connectivity index (χ0v) is 17.0. The predicted octanol–water partition coefficient (Wildman–Crippen LogP) is 4.03. The Morgan fingerprint density at radius 1 is 1.11 bits per heavy atom. The van der Waals surface area contributed by atoms with Gasteiger partial charge >= 0.3 is 0 Å². The van der Waals surface area contributed by atoms with Crippen LogP contribution >= 0.6 is 0 Å². The van der Waals surface area contributed by atoms with Crippen molar-refractivity contribution in [3.63, 3.8) is 0 Å². The number of anilines is 1. The number of amides is 1. The second kappa shape index (κ2) is 6.80. The number of aryl methyl sites for hydroxylation is 1. The molecule has 28 heavy (non-hydrogen) atoms. The molecule has 0 radical (unpaired) electrons. The van der Waals surface area contributed by atoms with Crippen molar-refractivity contribution in [3.8, 4) is 5.69 Å². The number of carbonyl (C=O) groups excluding carboxylic acids is 2. The van der Waals surface area contributed by atoms with Crippen molar-refractivity contribution in [2.75, 3.05) is 18.0 Å². The monoisotopic (exact) mass is 379 g/mol. The van der Waals surface area contributed by atoms with Crippen LogP contribution in [-0.2, 0) is 6.42 Å². The van der Waals surface area contributed by atoms with E-state index in [0.717, 1.165) is 60.5 Å². The number of piperidine rings is 1. The van der Waals surface area contributed by atoms with Gasteiger partial charge in [-0.3, -0.25) is 9.59 Å². The third kappa shape index (κ3) is 3.23. The fourth-order valence-corrected chi connectivity index (χ4v) is 4.78. The molecule has 1 aromatic carbocycles. The van der Waals surface area contributed by atoms with Gasteiger partial charge in [0.2, 0.25) is 0 Å². The second-order valence-electron chi connectivity index (χ2n) is 9.06. The molecule has 2 heterocycles. The van der Waals surface area contributed by atoms with Gasteiger partial charge in [0.15, 0.2) is 5.78 Å². The van der Waals surface area contributed by atoms with E-state index in [1.165, 1.54) is 6.42 Å². The van der Waals surface area contributed by atoms with Gasteiger partial charge in [-0.15, -0.1) is 0 Å². The number of primary amides is 1. The normalized spacial score (nSPS) is 18.8. The number of Topliss-reactive ketones (excluding diaryl/α,β-unsaturated/α-hetero) is 1. The highest BCUT2D eigenvalue weighted by Gasteiger charge is 2.35. The number of carbonyl (C=O) groups is 2. The molecule has 2 aromatic rings. The van der Waals surface area contributed by atoms with Gasteiger partial charge in [-0.25, -0.2) is 0 Å². The summed E-state index contributed by atoms with van der Waals surface area (Å²) in [5.41, 5.74) is 11.1.